The van der Waals surface area contributed by atoms with Crippen molar-refractivity contribution >= 4 is 11.8 Å². The number of aliphatic hydroxyl groups excluding tert-OH is 1. The van der Waals surface area contributed by atoms with Crippen molar-refractivity contribution in [1.82, 2.24) is 15.5 Å². The maximum atomic E-state index is 13.8. The molecule has 2 fully saturated rings. The van der Waals surface area contributed by atoms with Gasteiger partial charge in [-0.1, -0.05) is 45.9 Å². The highest BCUT2D eigenvalue weighted by Crippen LogP contribution is 2.32. The smallest absolute Gasteiger partial charge is 0.227 e. The molecule has 2 amide bonds. The van der Waals surface area contributed by atoms with Crippen LogP contribution in [0.15, 0.2) is 18.2 Å². The first-order valence-electron chi connectivity index (χ1n) is 14.8. The third-order valence-electron chi connectivity index (χ3n) is 7.82. The van der Waals surface area contributed by atoms with Crippen molar-refractivity contribution in [3.05, 3.63) is 34.9 Å². The lowest BCUT2D eigenvalue weighted by molar-refractivity contribution is -0.139. The lowest BCUT2D eigenvalue weighted by Crippen LogP contribution is -2.51. The predicted molar refractivity (Wildman–Crippen MR) is 152 cm³/mol. The monoisotopic (exact) mass is 529 g/mol. The molecule has 1 aliphatic carbocycles. The van der Waals surface area contributed by atoms with Crippen molar-refractivity contribution in [2.45, 2.75) is 97.2 Å². The largest absolute Gasteiger partial charge is 0.394 e. The van der Waals surface area contributed by atoms with Crippen LogP contribution in [0.1, 0.15) is 88.8 Å². The molecule has 1 aromatic rings. The van der Waals surface area contributed by atoms with Crippen molar-refractivity contribution < 1.29 is 19.4 Å². The summed E-state index contributed by atoms with van der Waals surface area (Å²) in [5.41, 5.74) is 3.86. The first-order chi connectivity index (χ1) is 18.2. The SMILES string of the molecule is COCCCCc1cc(CN(C(=O)[C@H]2CNC[C@@H](C(=O)NC(CO)CC(C)C)C2)C2CC2)cc(C(C)C)c1. The summed E-state index contributed by atoms with van der Waals surface area (Å²) in [4.78, 5) is 28.9. The molecular formula is C31H51N3O4. The molecule has 3 rings (SSSR count). The maximum Gasteiger partial charge on any atom is 0.227 e. The number of unbranched alkanes of at least 4 members (excludes halogenated alkanes) is 1. The van der Waals surface area contributed by atoms with Gasteiger partial charge in [-0.2, -0.15) is 0 Å². The number of carbonyl (C=O) groups is 2. The van der Waals surface area contributed by atoms with Gasteiger partial charge >= 0.3 is 0 Å². The molecule has 1 aliphatic heterocycles. The number of piperidine rings is 1. The Morgan fingerprint density at radius 2 is 1.79 bits per heavy atom. The van der Waals surface area contributed by atoms with E-state index < -0.39 is 0 Å². The zero-order valence-electron chi connectivity index (χ0n) is 24.3. The molecule has 7 heteroatoms. The second-order valence-corrected chi connectivity index (χ2v) is 12.2. The summed E-state index contributed by atoms with van der Waals surface area (Å²) >= 11 is 0. The number of methoxy groups -OCH3 is 1. The summed E-state index contributed by atoms with van der Waals surface area (Å²) in [5, 5.41) is 16.1. The van der Waals surface area contributed by atoms with Gasteiger partial charge in [-0.15, -0.1) is 0 Å². The number of nitrogens with one attached hydrogen (secondary N) is 2. The fourth-order valence-corrected chi connectivity index (χ4v) is 5.54. The van der Waals surface area contributed by atoms with E-state index >= 15 is 0 Å². The van der Waals surface area contributed by atoms with Crippen LogP contribution >= 0.6 is 0 Å². The molecule has 1 aromatic carbocycles. The average Bonchev–Trinajstić information content (AvgIpc) is 3.74. The third-order valence-corrected chi connectivity index (χ3v) is 7.82. The molecule has 0 radical (unpaired) electrons. The second kappa shape index (κ2) is 15.0. The maximum absolute atomic E-state index is 13.8. The van der Waals surface area contributed by atoms with Crippen molar-refractivity contribution in [2.24, 2.45) is 17.8 Å². The quantitative estimate of drug-likeness (QED) is 0.299. The highest BCUT2D eigenvalue weighted by atomic mass is 16.5. The van der Waals surface area contributed by atoms with E-state index in [-0.39, 0.29) is 36.3 Å². The van der Waals surface area contributed by atoms with Crippen molar-refractivity contribution in [2.75, 3.05) is 33.4 Å². The van der Waals surface area contributed by atoms with Gasteiger partial charge in [0.25, 0.3) is 0 Å². The van der Waals surface area contributed by atoms with Crippen molar-refractivity contribution in [3.8, 4) is 0 Å². The first-order valence-corrected chi connectivity index (χ1v) is 14.8. The standard InChI is InChI=1S/C31H51N3O4/c1-21(2)12-28(20-35)33-30(36)26-16-27(18-32-17-26)31(37)34(29-9-10-29)19-24-13-23(8-6-7-11-38-5)14-25(15-24)22(3)4/h13-15,21-22,26-29,32,35H,6-12,16-20H2,1-5H3,(H,33,36)/t26-,27+,28?/m0/s1. The highest BCUT2D eigenvalue weighted by Gasteiger charge is 2.39. The third kappa shape index (κ3) is 9.35. The van der Waals surface area contributed by atoms with Gasteiger partial charge in [0.2, 0.25) is 11.8 Å². The Morgan fingerprint density at radius 1 is 1.08 bits per heavy atom. The zero-order chi connectivity index (χ0) is 27.7. The Labute approximate surface area is 230 Å². The van der Waals surface area contributed by atoms with E-state index in [2.05, 4.69) is 61.4 Å². The number of benzene rings is 1. The van der Waals surface area contributed by atoms with Crippen LogP contribution in [0.2, 0.25) is 0 Å². The highest BCUT2D eigenvalue weighted by molar-refractivity contribution is 5.83. The number of ether oxygens (including phenoxy) is 1. The number of hydrogen-bond acceptors (Lipinski definition) is 5. The van der Waals surface area contributed by atoms with Gasteiger partial charge in [0.1, 0.15) is 0 Å². The minimum atomic E-state index is -0.261. The fraction of sp³-hybridized carbons (Fsp3) is 0.742. The van der Waals surface area contributed by atoms with Gasteiger partial charge in [0.15, 0.2) is 0 Å². The lowest BCUT2D eigenvalue weighted by Gasteiger charge is -2.34. The molecule has 2 aliphatic rings. The first kappa shape index (κ1) is 30.6. The molecule has 0 aromatic heterocycles. The molecule has 1 heterocycles. The molecule has 214 valence electrons. The van der Waals surface area contributed by atoms with Crippen LogP contribution in [-0.4, -0.2) is 67.3 Å². The fourth-order valence-electron chi connectivity index (χ4n) is 5.54. The van der Waals surface area contributed by atoms with E-state index in [0.29, 0.717) is 43.9 Å². The molecule has 3 N–H and O–H groups in total. The zero-order valence-corrected chi connectivity index (χ0v) is 24.3. The topological polar surface area (TPSA) is 90.9 Å². The molecule has 7 nitrogen and oxygen atoms in total. The van der Waals surface area contributed by atoms with E-state index in [9.17, 15) is 14.7 Å². The minimum absolute atomic E-state index is 0.0598. The Bertz CT molecular complexity index is 899. The van der Waals surface area contributed by atoms with Gasteiger partial charge in [-0.3, -0.25) is 9.59 Å². The normalized spacial score (nSPS) is 20.5. The molecule has 38 heavy (non-hydrogen) atoms. The van der Waals surface area contributed by atoms with Crippen LogP contribution in [-0.2, 0) is 27.3 Å². The summed E-state index contributed by atoms with van der Waals surface area (Å²) in [6.45, 7) is 11.1. The van der Waals surface area contributed by atoms with Crippen molar-refractivity contribution in [3.63, 3.8) is 0 Å². The molecule has 0 spiro atoms. The van der Waals surface area contributed by atoms with E-state index in [0.717, 1.165) is 45.1 Å². The summed E-state index contributed by atoms with van der Waals surface area (Å²) in [5.74, 6) is 0.448. The Kier molecular flexibility index (Phi) is 12.1. The van der Waals surface area contributed by atoms with Crippen LogP contribution in [0.25, 0.3) is 0 Å². The molecule has 1 unspecified atom stereocenters. The van der Waals surface area contributed by atoms with Gasteiger partial charge in [-0.05, 0) is 73.5 Å². The second-order valence-electron chi connectivity index (χ2n) is 12.2. The molecule has 3 atom stereocenters. The predicted octanol–water partition coefficient (Wildman–Crippen LogP) is 4.02. The number of carbonyl (C=O) groups excluding carboxylic acids is 2. The Morgan fingerprint density at radius 3 is 2.42 bits per heavy atom. The van der Waals surface area contributed by atoms with E-state index in [1.165, 1.54) is 16.7 Å². The summed E-state index contributed by atoms with van der Waals surface area (Å²) in [7, 11) is 1.75. The molecule has 1 saturated heterocycles. The summed E-state index contributed by atoms with van der Waals surface area (Å²) in [6.07, 6.45) is 6.55. The summed E-state index contributed by atoms with van der Waals surface area (Å²) < 4.78 is 5.21. The van der Waals surface area contributed by atoms with E-state index in [4.69, 9.17) is 4.74 Å². The molecular weight excluding hydrogens is 478 g/mol. The van der Waals surface area contributed by atoms with Gasteiger partial charge in [-0.25, -0.2) is 0 Å². The van der Waals surface area contributed by atoms with E-state index in [1.54, 1.807) is 7.11 Å². The van der Waals surface area contributed by atoms with Gasteiger partial charge in [0, 0.05) is 39.4 Å². The average molecular weight is 530 g/mol. The number of aliphatic hydroxyl groups is 1. The van der Waals surface area contributed by atoms with Gasteiger partial charge < -0.3 is 25.4 Å². The number of hydrogen-bond donors (Lipinski definition) is 3. The minimum Gasteiger partial charge on any atom is -0.394 e. The Balaban J connectivity index is 1.67. The number of aryl methyl sites for hydroxylation is 1. The van der Waals surface area contributed by atoms with Crippen LogP contribution in [0.3, 0.4) is 0 Å². The summed E-state index contributed by atoms with van der Waals surface area (Å²) in [6, 6.07) is 6.93. The van der Waals surface area contributed by atoms with Crippen LogP contribution in [0.4, 0.5) is 0 Å². The molecule has 1 saturated carbocycles. The van der Waals surface area contributed by atoms with Crippen LogP contribution < -0.4 is 10.6 Å². The Hall–Kier alpha value is -1.96. The van der Waals surface area contributed by atoms with Crippen LogP contribution in [0.5, 0.6) is 0 Å². The lowest BCUT2D eigenvalue weighted by atomic mass is 9.88. The number of rotatable bonds is 15. The number of amides is 2. The van der Waals surface area contributed by atoms with E-state index in [1.807, 2.05) is 0 Å². The van der Waals surface area contributed by atoms with Gasteiger partial charge in [0.05, 0.1) is 24.5 Å². The molecule has 0 bridgehead atoms. The van der Waals surface area contributed by atoms with Crippen LogP contribution in [0, 0.1) is 17.8 Å². The number of nitrogens with zero attached hydrogens (tertiary/aromatic N) is 1. The van der Waals surface area contributed by atoms with Crippen molar-refractivity contribution in [1.29, 1.82) is 0 Å².